The maximum absolute atomic E-state index is 13.4. The Balaban J connectivity index is 1.85. The topological polar surface area (TPSA) is 38.3 Å². The van der Waals surface area contributed by atoms with Crippen molar-refractivity contribution in [1.82, 2.24) is 0 Å². The predicted octanol–water partition coefficient (Wildman–Crippen LogP) is 5.47. The number of benzene rings is 2. The standard InChI is InChI=1S/C21H22F3NO2/c1-13(2)27-18-9-8-16(12-17(18)21(22,23)24)25-19(26)20(10-11-20)15-6-4-14(3)5-7-15/h4-9,12-13H,10-11H2,1-3H3,(H,25,26). The minimum atomic E-state index is -4.57. The average Bonchev–Trinajstić information content (AvgIpc) is 3.37. The normalized spacial score (nSPS) is 15.5. The van der Waals surface area contributed by atoms with E-state index in [1.165, 1.54) is 12.1 Å². The third-order valence-corrected chi connectivity index (χ3v) is 4.69. The molecule has 0 radical (unpaired) electrons. The van der Waals surface area contributed by atoms with Crippen LogP contribution in [-0.4, -0.2) is 12.0 Å². The summed E-state index contributed by atoms with van der Waals surface area (Å²) in [6.07, 6.45) is -3.59. The van der Waals surface area contributed by atoms with Crippen LogP contribution in [-0.2, 0) is 16.4 Å². The summed E-state index contributed by atoms with van der Waals surface area (Å²) in [7, 11) is 0. The number of ether oxygens (including phenoxy) is 1. The van der Waals surface area contributed by atoms with Crippen LogP contribution in [0, 0.1) is 6.92 Å². The highest BCUT2D eigenvalue weighted by atomic mass is 19.4. The number of amides is 1. The minimum Gasteiger partial charge on any atom is -0.490 e. The maximum Gasteiger partial charge on any atom is 0.420 e. The number of hydrogen-bond donors (Lipinski definition) is 1. The van der Waals surface area contributed by atoms with Crippen molar-refractivity contribution in [3.8, 4) is 5.75 Å². The molecule has 1 aliphatic rings. The molecule has 2 aromatic carbocycles. The molecule has 0 heterocycles. The zero-order chi connectivity index (χ0) is 19.8. The molecule has 0 bridgehead atoms. The van der Waals surface area contributed by atoms with Crippen molar-refractivity contribution in [2.75, 3.05) is 5.32 Å². The number of aryl methyl sites for hydroxylation is 1. The maximum atomic E-state index is 13.4. The van der Waals surface area contributed by atoms with E-state index in [-0.39, 0.29) is 23.4 Å². The van der Waals surface area contributed by atoms with Crippen molar-refractivity contribution in [1.29, 1.82) is 0 Å². The number of halogens is 3. The van der Waals surface area contributed by atoms with Crippen molar-refractivity contribution in [2.45, 2.75) is 51.3 Å². The fourth-order valence-corrected chi connectivity index (χ4v) is 3.08. The Labute approximate surface area is 156 Å². The zero-order valence-corrected chi connectivity index (χ0v) is 15.5. The predicted molar refractivity (Wildman–Crippen MR) is 97.9 cm³/mol. The number of carbonyl (C=O) groups is 1. The molecule has 3 rings (SSSR count). The van der Waals surface area contributed by atoms with E-state index in [1.807, 2.05) is 31.2 Å². The Bertz CT molecular complexity index is 837. The van der Waals surface area contributed by atoms with Crippen molar-refractivity contribution in [3.63, 3.8) is 0 Å². The summed E-state index contributed by atoms with van der Waals surface area (Å²) in [5, 5.41) is 2.66. The Morgan fingerprint density at radius 3 is 2.26 bits per heavy atom. The van der Waals surface area contributed by atoms with E-state index < -0.39 is 17.2 Å². The highest BCUT2D eigenvalue weighted by molar-refractivity contribution is 6.01. The molecule has 1 N–H and O–H groups in total. The molecule has 3 nitrogen and oxygen atoms in total. The second kappa shape index (κ2) is 6.91. The molecule has 27 heavy (non-hydrogen) atoms. The van der Waals surface area contributed by atoms with Crippen LogP contribution in [0.4, 0.5) is 18.9 Å². The Kier molecular flexibility index (Phi) is 4.93. The Morgan fingerprint density at radius 2 is 1.74 bits per heavy atom. The Hall–Kier alpha value is -2.50. The van der Waals surface area contributed by atoms with E-state index in [4.69, 9.17) is 4.74 Å². The first-order valence-electron chi connectivity index (χ1n) is 8.88. The number of nitrogens with one attached hydrogen (secondary N) is 1. The minimum absolute atomic E-state index is 0.113. The SMILES string of the molecule is Cc1ccc(C2(C(=O)Nc3ccc(OC(C)C)c(C(F)(F)F)c3)CC2)cc1. The van der Waals surface area contributed by atoms with Crippen LogP contribution >= 0.6 is 0 Å². The molecular weight excluding hydrogens is 355 g/mol. The zero-order valence-electron chi connectivity index (χ0n) is 15.5. The van der Waals surface area contributed by atoms with Gasteiger partial charge >= 0.3 is 6.18 Å². The second-order valence-electron chi connectivity index (χ2n) is 7.28. The van der Waals surface area contributed by atoms with Gasteiger partial charge in [0.15, 0.2) is 0 Å². The Morgan fingerprint density at radius 1 is 1.11 bits per heavy atom. The van der Waals surface area contributed by atoms with E-state index in [0.717, 1.165) is 17.2 Å². The fourth-order valence-electron chi connectivity index (χ4n) is 3.08. The largest absolute Gasteiger partial charge is 0.490 e. The lowest BCUT2D eigenvalue weighted by molar-refractivity contribution is -0.139. The summed E-state index contributed by atoms with van der Waals surface area (Å²) in [5.41, 5.74) is 0.544. The smallest absolute Gasteiger partial charge is 0.420 e. The van der Waals surface area contributed by atoms with Crippen molar-refractivity contribution < 1.29 is 22.7 Å². The number of hydrogen-bond acceptors (Lipinski definition) is 2. The molecule has 2 aromatic rings. The van der Waals surface area contributed by atoms with Gasteiger partial charge < -0.3 is 10.1 Å². The van der Waals surface area contributed by atoms with E-state index in [1.54, 1.807) is 13.8 Å². The van der Waals surface area contributed by atoms with Gasteiger partial charge in [-0.2, -0.15) is 13.2 Å². The molecule has 0 aliphatic heterocycles. The number of rotatable bonds is 5. The quantitative estimate of drug-likeness (QED) is 0.750. The van der Waals surface area contributed by atoms with Crippen LogP contribution in [0.25, 0.3) is 0 Å². The first kappa shape index (κ1) is 19.3. The molecular formula is C21H22F3NO2. The summed E-state index contributed by atoms with van der Waals surface area (Å²) < 4.78 is 45.4. The first-order valence-corrected chi connectivity index (χ1v) is 8.88. The highest BCUT2D eigenvalue weighted by Gasteiger charge is 2.51. The van der Waals surface area contributed by atoms with Crippen molar-refractivity contribution in [3.05, 3.63) is 59.2 Å². The van der Waals surface area contributed by atoms with Gasteiger partial charge in [0.25, 0.3) is 0 Å². The first-order chi connectivity index (χ1) is 12.6. The summed E-state index contributed by atoms with van der Waals surface area (Å²) >= 11 is 0. The second-order valence-corrected chi connectivity index (χ2v) is 7.28. The summed E-state index contributed by atoms with van der Waals surface area (Å²) in [6, 6.07) is 11.3. The molecule has 144 valence electrons. The van der Waals surface area contributed by atoms with E-state index in [0.29, 0.717) is 12.8 Å². The van der Waals surface area contributed by atoms with Crippen LogP contribution in [0.3, 0.4) is 0 Å². The van der Waals surface area contributed by atoms with Gasteiger partial charge in [0.2, 0.25) is 5.91 Å². The van der Waals surface area contributed by atoms with Gasteiger partial charge in [-0.15, -0.1) is 0 Å². The molecule has 0 atom stereocenters. The third kappa shape index (κ3) is 4.10. The third-order valence-electron chi connectivity index (χ3n) is 4.69. The number of anilines is 1. The van der Waals surface area contributed by atoms with Crippen molar-refractivity contribution in [2.24, 2.45) is 0 Å². The van der Waals surface area contributed by atoms with E-state index in [9.17, 15) is 18.0 Å². The van der Waals surface area contributed by atoms with Crippen LogP contribution in [0.5, 0.6) is 5.75 Å². The number of carbonyl (C=O) groups excluding carboxylic acids is 1. The molecule has 0 saturated heterocycles. The molecule has 1 saturated carbocycles. The molecule has 0 unspecified atom stereocenters. The van der Waals surface area contributed by atoms with Crippen molar-refractivity contribution >= 4 is 11.6 Å². The molecule has 1 aliphatic carbocycles. The molecule has 1 fully saturated rings. The van der Waals surface area contributed by atoms with Crippen LogP contribution in [0.15, 0.2) is 42.5 Å². The van der Waals surface area contributed by atoms with Gasteiger partial charge in [0.1, 0.15) is 5.75 Å². The van der Waals surface area contributed by atoms with E-state index >= 15 is 0 Å². The van der Waals surface area contributed by atoms with Gasteiger partial charge in [-0.1, -0.05) is 29.8 Å². The van der Waals surface area contributed by atoms with Gasteiger partial charge in [-0.25, -0.2) is 0 Å². The molecule has 0 spiro atoms. The van der Waals surface area contributed by atoms with Crippen LogP contribution in [0.2, 0.25) is 0 Å². The van der Waals surface area contributed by atoms with Gasteiger partial charge in [-0.05, 0) is 57.4 Å². The highest BCUT2D eigenvalue weighted by Crippen LogP contribution is 2.49. The molecule has 0 aromatic heterocycles. The summed E-state index contributed by atoms with van der Waals surface area (Å²) in [5.74, 6) is -0.521. The number of alkyl halides is 3. The van der Waals surface area contributed by atoms with Crippen LogP contribution in [0.1, 0.15) is 43.4 Å². The average molecular weight is 377 g/mol. The van der Waals surface area contributed by atoms with Gasteiger partial charge in [0.05, 0.1) is 17.1 Å². The summed E-state index contributed by atoms with van der Waals surface area (Å²) in [6.45, 7) is 5.28. The molecule has 1 amide bonds. The lowest BCUT2D eigenvalue weighted by Crippen LogP contribution is -2.28. The van der Waals surface area contributed by atoms with E-state index in [2.05, 4.69) is 5.32 Å². The lowest BCUT2D eigenvalue weighted by Gasteiger charge is -2.19. The lowest BCUT2D eigenvalue weighted by atomic mass is 9.94. The van der Waals surface area contributed by atoms with Gasteiger partial charge in [0, 0.05) is 5.69 Å². The van der Waals surface area contributed by atoms with Gasteiger partial charge in [-0.3, -0.25) is 4.79 Å². The molecule has 6 heteroatoms. The van der Waals surface area contributed by atoms with Crippen LogP contribution < -0.4 is 10.1 Å². The monoisotopic (exact) mass is 377 g/mol. The summed E-state index contributed by atoms with van der Waals surface area (Å²) in [4.78, 5) is 12.8. The fraction of sp³-hybridized carbons (Fsp3) is 0.381.